The number of nitrogens with zero attached hydrogens (tertiary/aromatic N) is 4. The summed E-state index contributed by atoms with van der Waals surface area (Å²) in [5.74, 6) is 1.37. The molecule has 3 rings (SSSR count). The fourth-order valence-electron chi connectivity index (χ4n) is 2.81. The molecule has 3 aromatic rings. The van der Waals surface area contributed by atoms with Crippen LogP contribution in [0.3, 0.4) is 0 Å². The summed E-state index contributed by atoms with van der Waals surface area (Å²) in [5.41, 5.74) is 0.287. The van der Waals surface area contributed by atoms with Crippen LogP contribution in [0.2, 0.25) is 0 Å². The Bertz CT molecular complexity index is 1000. The van der Waals surface area contributed by atoms with Gasteiger partial charge in [-0.2, -0.15) is 18.4 Å². The van der Waals surface area contributed by atoms with Gasteiger partial charge in [0.15, 0.2) is 0 Å². The summed E-state index contributed by atoms with van der Waals surface area (Å²) in [4.78, 5) is 14.6. The van der Waals surface area contributed by atoms with Gasteiger partial charge in [0.05, 0.1) is 16.8 Å². The first-order chi connectivity index (χ1) is 13.7. The average Bonchev–Trinajstić information content (AvgIpc) is 3.11. The number of hydrogen-bond acceptors (Lipinski definition) is 4. The second kappa shape index (κ2) is 9.50. The number of aromatic amines is 1. The molecular formula is C21H24F3N5. The zero-order valence-corrected chi connectivity index (χ0v) is 16.9. The van der Waals surface area contributed by atoms with Crippen molar-refractivity contribution in [1.29, 1.82) is 5.26 Å². The third-order valence-electron chi connectivity index (χ3n) is 4.62. The number of halogens is 3. The van der Waals surface area contributed by atoms with Crippen molar-refractivity contribution in [2.24, 2.45) is 5.92 Å². The largest absolute Gasteiger partial charge is 0.417 e. The molecule has 0 spiro atoms. The van der Waals surface area contributed by atoms with E-state index in [2.05, 4.69) is 40.7 Å². The van der Waals surface area contributed by atoms with E-state index in [4.69, 9.17) is 5.26 Å². The third kappa shape index (κ3) is 5.53. The molecule has 0 fully saturated rings. The van der Waals surface area contributed by atoms with E-state index in [1.807, 2.05) is 6.07 Å². The fraction of sp³-hybridized carbons (Fsp3) is 0.429. The van der Waals surface area contributed by atoms with Crippen LogP contribution in [0.5, 0.6) is 0 Å². The molecule has 0 aliphatic rings. The maximum absolute atomic E-state index is 12.8. The van der Waals surface area contributed by atoms with Crippen LogP contribution in [0.4, 0.5) is 13.2 Å². The highest BCUT2D eigenvalue weighted by molar-refractivity contribution is 5.94. The maximum atomic E-state index is 12.8. The Labute approximate surface area is 168 Å². The quantitative estimate of drug-likeness (QED) is 0.575. The standard InChI is InChI=1S/C14H8F3N5.C7H16/c1-7-19-4-8(3-18)12(22-7)11-6-21-13-10(11)2-9(5-20-13)14(15,16)17;1-4-6-7(3)5-2/h2,4-6H,1H3,(H,20,21);7H,4-6H2,1-3H3. The highest BCUT2D eigenvalue weighted by Crippen LogP contribution is 2.34. The van der Waals surface area contributed by atoms with Crippen LogP contribution < -0.4 is 0 Å². The number of hydrogen-bond donors (Lipinski definition) is 1. The minimum Gasteiger partial charge on any atom is -0.345 e. The molecule has 3 aromatic heterocycles. The maximum Gasteiger partial charge on any atom is 0.417 e. The number of rotatable bonds is 4. The zero-order chi connectivity index (χ0) is 21.6. The number of pyridine rings is 1. The molecule has 0 aliphatic carbocycles. The summed E-state index contributed by atoms with van der Waals surface area (Å²) < 4.78 is 38.5. The van der Waals surface area contributed by atoms with Gasteiger partial charge < -0.3 is 4.98 Å². The summed E-state index contributed by atoms with van der Waals surface area (Å²) in [5, 5.41) is 9.38. The lowest BCUT2D eigenvalue weighted by Crippen LogP contribution is -2.05. The van der Waals surface area contributed by atoms with E-state index in [1.54, 1.807) is 6.92 Å². The first-order valence-corrected chi connectivity index (χ1v) is 9.49. The first-order valence-electron chi connectivity index (χ1n) is 9.49. The second-order valence-electron chi connectivity index (χ2n) is 6.91. The van der Waals surface area contributed by atoms with Gasteiger partial charge >= 0.3 is 6.18 Å². The Morgan fingerprint density at radius 3 is 2.48 bits per heavy atom. The second-order valence-corrected chi connectivity index (χ2v) is 6.91. The van der Waals surface area contributed by atoms with Crippen LogP contribution in [0.25, 0.3) is 22.3 Å². The number of nitrogens with one attached hydrogen (secondary N) is 1. The van der Waals surface area contributed by atoms with Gasteiger partial charge in [0, 0.05) is 29.5 Å². The van der Waals surface area contributed by atoms with Crippen molar-refractivity contribution in [3.05, 3.63) is 41.6 Å². The molecular weight excluding hydrogens is 379 g/mol. The Hall–Kier alpha value is -2.95. The van der Waals surface area contributed by atoms with Crippen molar-refractivity contribution in [1.82, 2.24) is 19.9 Å². The lowest BCUT2D eigenvalue weighted by atomic mass is 10.0. The molecule has 0 saturated heterocycles. The van der Waals surface area contributed by atoms with E-state index >= 15 is 0 Å². The van der Waals surface area contributed by atoms with Gasteiger partial charge in [-0.3, -0.25) is 0 Å². The molecule has 5 nitrogen and oxygen atoms in total. The van der Waals surface area contributed by atoms with Crippen molar-refractivity contribution < 1.29 is 13.2 Å². The van der Waals surface area contributed by atoms with Crippen LogP contribution in [0, 0.1) is 24.2 Å². The molecule has 0 aliphatic heterocycles. The summed E-state index contributed by atoms with van der Waals surface area (Å²) in [6.07, 6.45) is 3.19. The van der Waals surface area contributed by atoms with Gasteiger partial charge in [0.25, 0.3) is 0 Å². The first kappa shape index (κ1) is 22.3. The highest BCUT2D eigenvalue weighted by Gasteiger charge is 2.31. The molecule has 0 radical (unpaired) electrons. The number of aryl methyl sites for hydroxylation is 1. The van der Waals surface area contributed by atoms with E-state index in [0.29, 0.717) is 17.0 Å². The van der Waals surface area contributed by atoms with Gasteiger partial charge in [-0.15, -0.1) is 0 Å². The number of fused-ring (bicyclic) bond motifs is 1. The number of nitriles is 1. The average molecular weight is 403 g/mol. The minimum atomic E-state index is -4.49. The van der Waals surface area contributed by atoms with Gasteiger partial charge in [-0.1, -0.05) is 40.0 Å². The van der Waals surface area contributed by atoms with Crippen LogP contribution in [0.1, 0.15) is 57.0 Å². The molecule has 0 saturated carbocycles. The van der Waals surface area contributed by atoms with E-state index in [-0.39, 0.29) is 16.6 Å². The minimum absolute atomic E-state index is 0.184. The van der Waals surface area contributed by atoms with Crippen molar-refractivity contribution >= 4 is 11.0 Å². The van der Waals surface area contributed by atoms with E-state index in [9.17, 15) is 13.2 Å². The van der Waals surface area contributed by atoms with Crippen LogP contribution in [-0.2, 0) is 6.18 Å². The van der Waals surface area contributed by atoms with Gasteiger partial charge in [-0.25, -0.2) is 15.0 Å². The van der Waals surface area contributed by atoms with E-state index in [1.165, 1.54) is 31.7 Å². The molecule has 154 valence electrons. The predicted octanol–water partition coefficient (Wildman–Crippen LogP) is 6.05. The smallest absolute Gasteiger partial charge is 0.345 e. The topological polar surface area (TPSA) is 78.2 Å². The van der Waals surface area contributed by atoms with E-state index < -0.39 is 11.7 Å². The van der Waals surface area contributed by atoms with Gasteiger partial charge in [0.1, 0.15) is 17.5 Å². The number of aromatic nitrogens is 4. The van der Waals surface area contributed by atoms with Crippen LogP contribution in [0.15, 0.2) is 24.7 Å². The monoisotopic (exact) mass is 403 g/mol. The number of H-pyrrole nitrogens is 1. The third-order valence-corrected chi connectivity index (χ3v) is 4.62. The molecule has 3 heterocycles. The van der Waals surface area contributed by atoms with Crippen LogP contribution in [-0.4, -0.2) is 19.9 Å². The number of alkyl halides is 3. The Morgan fingerprint density at radius 1 is 1.21 bits per heavy atom. The fourth-order valence-corrected chi connectivity index (χ4v) is 2.81. The molecule has 0 bridgehead atoms. The Balaban J connectivity index is 0.000000370. The molecule has 0 amide bonds. The van der Waals surface area contributed by atoms with Gasteiger partial charge in [0.2, 0.25) is 0 Å². The van der Waals surface area contributed by atoms with E-state index in [0.717, 1.165) is 18.2 Å². The molecule has 0 aromatic carbocycles. The SMILES string of the molecule is CCCC(C)CC.Cc1ncc(C#N)c(-c2c[nH]c3ncc(C(F)(F)F)cc23)n1. The molecule has 1 unspecified atom stereocenters. The molecule has 1 N–H and O–H groups in total. The van der Waals surface area contributed by atoms with Crippen LogP contribution >= 0.6 is 0 Å². The van der Waals surface area contributed by atoms with Crippen molar-refractivity contribution in [3.8, 4) is 17.3 Å². The molecule has 1 atom stereocenters. The van der Waals surface area contributed by atoms with Crippen molar-refractivity contribution in [3.63, 3.8) is 0 Å². The van der Waals surface area contributed by atoms with Crippen molar-refractivity contribution in [2.75, 3.05) is 0 Å². The Kier molecular flexibility index (Phi) is 7.32. The lowest BCUT2D eigenvalue weighted by Gasteiger charge is -2.07. The predicted molar refractivity (Wildman–Crippen MR) is 106 cm³/mol. The molecule has 29 heavy (non-hydrogen) atoms. The summed E-state index contributed by atoms with van der Waals surface area (Å²) in [7, 11) is 0. The Morgan fingerprint density at radius 2 is 1.93 bits per heavy atom. The summed E-state index contributed by atoms with van der Waals surface area (Å²) in [6.45, 7) is 8.44. The summed E-state index contributed by atoms with van der Waals surface area (Å²) >= 11 is 0. The van der Waals surface area contributed by atoms with Crippen molar-refractivity contribution in [2.45, 2.75) is 53.1 Å². The van der Waals surface area contributed by atoms with Gasteiger partial charge in [-0.05, 0) is 18.9 Å². The molecule has 8 heteroatoms. The summed E-state index contributed by atoms with van der Waals surface area (Å²) in [6, 6.07) is 2.93. The normalized spacial score (nSPS) is 12.2. The lowest BCUT2D eigenvalue weighted by molar-refractivity contribution is -0.137. The zero-order valence-electron chi connectivity index (χ0n) is 16.9. The highest BCUT2D eigenvalue weighted by atomic mass is 19.4.